The Morgan fingerprint density at radius 3 is 2.74 bits per heavy atom. The molecule has 1 aromatic carbocycles. The molecule has 152 valence electrons. The summed E-state index contributed by atoms with van der Waals surface area (Å²) >= 11 is 0. The summed E-state index contributed by atoms with van der Waals surface area (Å²) in [4.78, 5) is 2.66. The van der Waals surface area contributed by atoms with E-state index in [1.54, 1.807) is 31.4 Å². The first-order valence-electron chi connectivity index (χ1n) is 9.43. The third-order valence-electron chi connectivity index (χ3n) is 5.48. The van der Waals surface area contributed by atoms with E-state index < -0.39 is 15.9 Å². The Labute approximate surface area is 161 Å². The van der Waals surface area contributed by atoms with Crippen LogP contribution in [0.2, 0.25) is 0 Å². The van der Waals surface area contributed by atoms with Crippen LogP contribution in [0.25, 0.3) is 0 Å². The molecular weight excluding hydrogens is 368 g/mol. The third-order valence-corrected chi connectivity index (χ3v) is 6.60. The molecule has 2 N–H and O–H groups in total. The highest BCUT2D eigenvalue weighted by Gasteiger charge is 2.38. The van der Waals surface area contributed by atoms with E-state index in [4.69, 9.17) is 9.47 Å². The van der Waals surface area contributed by atoms with Crippen molar-refractivity contribution in [1.82, 2.24) is 10.2 Å². The molecule has 0 radical (unpaired) electrons. The number of benzene rings is 1. The molecule has 0 aliphatic carbocycles. The molecule has 2 heterocycles. The van der Waals surface area contributed by atoms with Crippen LogP contribution in [0.1, 0.15) is 18.4 Å². The second-order valence-electron chi connectivity index (χ2n) is 7.51. The van der Waals surface area contributed by atoms with Gasteiger partial charge in [-0.25, -0.2) is 8.42 Å². The van der Waals surface area contributed by atoms with E-state index in [9.17, 15) is 13.5 Å². The van der Waals surface area contributed by atoms with E-state index in [1.165, 1.54) is 6.26 Å². The quantitative estimate of drug-likeness (QED) is 0.656. The van der Waals surface area contributed by atoms with E-state index in [2.05, 4.69) is 10.2 Å². The summed E-state index contributed by atoms with van der Waals surface area (Å²) in [6.45, 7) is 3.48. The van der Waals surface area contributed by atoms with Gasteiger partial charge in [-0.3, -0.25) is 4.90 Å². The fourth-order valence-electron chi connectivity index (χ4n) is 3.88. The number of aliphatic hydroxyl groups excluding tert-OH is 1. The van der Waals surface area contributed by atoms with Crippen molar-refractivity contribution in [2.45, 2.75) is 48.6 Å². The molecule has 0 spiro atoms. The van der Waals surface area contributed by atoms with Gasteiger partial charge in [-0.05, 0) is 37.1 Å². The van der Waals surface area contributed by atoms with Gasteiger partial charge in [-0.2, -0.15) is 0 Å². The Morgan fingerprint density at radius 1 is 1.33 bits per heavy atom. The number of rotatable bonds is 8. The van der Waals surface area contributed by atoms with Crippen LogP contribution in [0.3, 0.4) is 0 Å². The molecule has 0 bridgehead atoms. The Bertz CT molecular complexity index is 709. The van der Waals surface area contributed by atoms with E-state index in [0.29, 0.717) is 30.7 Å². The van der Waals surface area contributed by atoms with Crippen LogP contribution in [0, 0.1) is 0 Å². The summed E-state index contributed by atoms with van der Waals surface area (Å²) in [5.74, 6) is 0. The number of hydrogen-bond donors (Lipinski definition) is 2. The average molecular weight is 399 g/mol. The van der Waals surface area contributed by atoms with Crippen LogP contribution in [0.15, 0.2) is 29.2 Å². The largest absolute Gasteiger partial charge is 0.389 e. The number of likely N-dealkylation sites (tertiary alicyclic amines) is 1. The molecular formula is C19H30N2O5S. The average Bonchev–Trinajstić information content (AvgIpc) is 3.21. The lowest BCUT2D eigenvalue weighted by Crippen LogP contribution is -2.46. The summed E-state index contributed by atoms with van der Waals surface area (Å²) in [7, 11) is -1.46. The molecule has 3 rings (SSSR count). The van der Waals surface area contributed by atoms with Crippen LogP contribution in [0.5, 0.6) is 0 Å². The number of hydrogen-bond acceptors (Lipinski definition) is 7. The number of sulfone groups is 1. The van der Waals surface area contributed by atoms with E-state index in [1.807, 2.05) is 0 Å². The maximum absolute atomic E-state index is 11.5. The van der Waals surface area contributed by atoms with Gasteiger partial charge in [0.05, 0.1) is 36.4 Å². The first-order chi connectivity index (χ1) is 12.9. The zero-order valence-corrected chi connectivity index (χ0v) is 16.8. The normalized spacial score (nSPS) is 29.4. The smallest absolute Gasteiger partial charge is 0.175 e. The Morgan fingerprint density at radius 2 is 2.07 bits per heavy atom. The van der Waals surface area contributed by atoms with Crippen LogP contribution in [-0.4, -0.2) is 82.4 Å². The fraction of sp³-hybridized carbons (Fsp3) is 0.684. The summed E-state index contributed by atoms with van der Waals surface area (Å²) in [6.07, 6.45) is 2.71. The predicted molar refractivity (Wildman–Crippen MR) is 102 cm³/mol. The molecule has 0 saturated carbocycles. The van der Waals surface area contributed by atoms with Crippen molar-refractivity contribution in [2.24, 2.45) is 0 Å². The first kappa shape index (κ1) is 20.7. The molecule has 2 aliphatic rings. The van der Waals surface area contributed by atoms with Gasteiger partial charge in [-0.15, -0.1) is 0 Å². The van der Waals surface area contributed by atoms with Gasteiger partial charge in [0.2, 0.25) is 0 Å². The molecule has 4 unspecified atom stereocenters. The Balaban J connectivity index is 1.49. The lowest BCUT2D eigenvalue weighted by atomic mass is 10.1. The molecule has 2 fully saturated rings. The number of ether oxygens (including phenoxy) is 2. The van der Waals surface area contributed by atoms with Crippen LogP contribution >= 0.6 is 0 Å². The van der Waals surface area contributed by atoms with E-state index in [-0.39, 0.29) is 12.1 Å². The summed E-state index contributed by atoms with van der Waals surface area (Å²) in [6, 6.07) is 7.09. The van der Waals surface area contributed by atoms with Crippen LogP contribution in [0.4, 0.5) is 0 Å². The van der Waals surface area contributed by atoms with Gasteiger partial charge in [-0.1, -0.05) is 12.1 Å². The summed E-state index contributed by atoms with van der Waals surface area (Å²) in [5.41, 5.74) is 0.970. The van der Waals surface area contributed by atoms with Gasteiger partial charge >= 0.3 is 0 Å². The molecule has 27 heavy (non-hydrogen) atoms. The number of aliphatic hydroxyl groups is 1. The zero-order valence-electron chi connectivity index (χ0n) is 16.0. The Kier molecular flexibility index (Phi) is 6.88. The summed E-state index contributed by atoms with van der Waals surface area (Å²) < 4.78 is 34.2. The van der Waals surface area contributed by atoms with Crippen LogP contribution < -0.4 is 5.32 Å². The highest BCUT2D eigenvalue weighted by molar-refractivity contribution is 7.90. The summed E-state index contributed by atoms with van der Waals surface area (Å²) in [5, 5.41) is 14.0. The van der Waals surface area contributed by atoms with Gasteiger partial charge in [0, 0.05) is 32.5 Å². The number of nitrogens with zero attached hydrogens (tertiary/aromatic N) is 1. The molecule has 4 atom stereocenters. The molecule has 2 saturated heterocycles. The molecule has 2 aliphatic heterocycles. The third kappa shape index (κ3) is 5.28. The topological polar surface area (TPSA) is 88.1 Å². The monoisotopic (exact) mass is 398 g/mol. The zero-order chi connectivity index (χ0) is 19.4. The minimum Gasteiger partial charge on any atom is -0.389 e. The van der Waals surface area contributed by atoms with E-state index in [0.717, 1.165) is 31.5 Å². The van der Waals surface area contributed by atoms with Gasteiger partial charge in [0.1, 0.15) is 0 Å². The second-order valence-corrected chi connectivity index (χ2v) is 9.53. The van der Waals surface area contributed by atoms with Crippen molar-refractivity contribution in [3.05, 3.63) is 29.8 Å². The standard InChI is InChI=1S/C19H30N2O5S/c1-25-12-15-4-3-9-21(15)11-18-19(22)17(13-26-18)20-10-14-5-7-16(8-6-14)27(2,23)24/h5-8,15,17-20,22H,3-4,9-13H2,1-2H3. The van der Waals surface area contributed by atoms with Crippen LogP contribution in [-0.2, 0) is 25.9 Å². The molecule has 8 heteroatoms. The molecule has 0 amide bonds. The predicted octanol–water partition coefficient (Wildman–Crippen LogP) is 0.419. The van der Waals surface area contributed by atoms with Crippen molar-refractivity contribution < 1.29 is 23.0 Å². The van der Waals surface area contributed by atoms with Crippen molar-refractivity contribution in [3.63, 3.8) is 0 Å². The van der Waals surface area contributed by atoms with Crippen molar-refractivity contribution in [3.8, 4) is 0 Å². The minimum atomic E-state index is -3.18. The molecule has 1 aromatic rings. The first-order valence-corrected chi connectivity index (χ1v) is 11.3. The molecule has 7 nitrogen and oxygen atoms in total. The Hall–Kier alpha value is -1.03. The molecule has 0 aromatic heterocycles. The van der Waals surface area contributed by atoms with Gasteiger partial charge < -0.3 is 19.9 Å². The number of nitrogens with one attached hydrogen (secondary N) is 1. The van der Waals surface area contributed by atoms with Crippen molar-refractivity contribution in [1.29, 1.82) is 0 Å². The lowest BCUT2D eigenvalue weighted by molar-refractivity contribution is 0.00450. The van der Waals surface area contributed by atoms with Gasteiger partial charge in [0.15, 0.2) is 9.84 Å². The van der Waals surface area contributed by atoms with Gasteiger partial charge in [0.25, 0.3) is 0 Å². The lowest BCUT2D eigenvalue weighted by Gasteiger charge is -2.28. The fourth-order valence-corrected chi connectivity index (χ4v) is 4.51. The van der Waals surface area contributed by atoms with Crippen molar-refractivity contribution >= 4 is 9.84 Å². The SMILES string of the molecule is COCC1CCCN1CC1OCC(NCc2ccc(S(C)(=O)=O)cc2)C1O. The van der Waals surface area contributed by atoms with Crippen molar-refractivity contribution in [2.75, 3.05) is 39.7 Å². The highest BCUT2D eigenvalue weighted by atomic mass is 32.2. The second kappa shape index (κ2) is 8.98. The highest BCUT2D eigenvalue weighted by Crippen LogP contribution is 2.22. The maximum Gasteiger partial charge on any atom is 0.175 e. The van der Waals surface area contributed by atoms with E-state index >= 15 is 0 Å². The maximum atomic E-state index is 11.5. The minimum absolute atomic E-state index is 0.131. The number of methoxy groups -OCH3 is 1.